The summed E-state index contributed by atoms with van der Waals surface area (Å²) < 4.78 is 0. The van der Waals surface area contributed by atoms with Gasteiger partial charge in [0.05, 0.1) is 0 Å². The number of aromatic amines is 1. The van der Waals surface area contributed by atoms with Crippen LogP contribution < -0.4 is 0 Å². The number of amides is 2. The maximum absolute atomic E-state index is 12.3. The number of nitrogens with zero attached hydrogens (tertiary/aromatic N) is 3. The molecule has 0 bridgehead atoms. The Morgan fingerprint density at radius 3 is 2.67 bits per heavy atom. The van der Waals surface area contributed by atoms with Gasteiger partial charge >= 0.3 is 0 Å². The van der Waals surface area contributed by atoms with E-state index in [0.29, 0.717) is 25.0 Å². The first kappa shape index (κ1) is 14.1. The van der Waals surface area contributed by atoms with Crippen molar-refractivity contribution in [2.24, 2.45) is 0 Å². The summed E-state index contributed by atoms with van der Waals surface area (Å²) in [4.78, 5) is 35.2. The van der Waals surface area contributed by atoms with Crippen LogP contribution in [0.2, 0.25) is 0 Å². The van der Waals surface area contributed by atoms with E-state index in [4.69, 9.17) is 0 Å². The molecule has 1 saturated heterocycles. The Labute approximate surface area is 124 Å². The third-order valence-corrected chi connectivity index (χ3v) is 4.47. The molecule has 6 heteroatoms. The zero-order chi connectivity index (χ0) is 14.8. The number of piperazine rings is 1. The Hall–Kier alpha value is -1.85. The molecule has 114 valence electrons. The van der Waals surface area contributed by atoms with Crippen molar-refractivity contribution < 1.29 is 9.59 Å². The molecule has 1 saturated carbocycles. The highest BCUT2D eigenvalue weighted by molar-refractivity contribution is 5.94. The van der Waals surface area contributed by atoms with Gasteiger partial charge in [0, 0.05) is 31.0 Å². The lowest BCUT2D eigenvalue weighted by Crippen LogP contribution is -2.55. The first-order valence-electron chi connectivity index (χ1n) is 7.75. The molecule has 0 atom stereocenters. The highest BCUT2D eigenvalue weighted by atomic mass is 16.2. The minimum Gasteiger partial charge on any atom is -0.338 e. The zero-order valence-electron chi connectivity index (χ0n) is 12.5. The average molecular weight is 290 g/mol. The van der Waals surface area contributed by atoms with Crippen molar-refractivity contribution in [3.63, 3.8) is 0 Å². The first-order chi connectivity index (χ1) is 10.1. The molecule has 0 spiro atoms. The van der Waals surface area contributed by atoms with Gasteiger partial charge in [0.15, 0.2) is 5.82 Å². The van der Waals surface area contributed by atoms with Crippen LogP contribution in [0.3, 0.4) is 0 Å². The number of carbonyl (C=O) groups is 2. The lowest BCUT2D eigenvalue weighted by atomic mass is 9.93. The van der Waals surface area contributed by atoms with Crippen LogP contribution in [0, 0.1) is 6.92 Å². The molecule has 1 aromatic heterocycles. The number of imidazole rings is 1. The highest BCUT2D eigenvalue weighted by Gasteiger charge is 2.33. The Balaban J connectivity index is 1.62. The summed E-state index contributed by atoms with van der Waals surface area (Å²) in [6, 6.07) is 0.384. The second-order valence-electron chi connectivity index (χ2n) is 6.02. The summed E-state index contributed by atoms with van der Waals surface area (Å²) in [7, 11) is 0. The van der Waals surface area contributed by atoms with E-state index in [0.717, 1.165) is 18.5 Å². The summed E-state index contributed by atoms with van der Waals surface area (Å²) in [5.74, 6) is 0.218. The average Bonchev–Trinajstić information content (AvgIpc) is 2.94. The van der Waals surface area contributed by atoms with Gasteiger partial charge in [-0.15, -0.1) is 0 Å². The molecule has 2 amide bonds. The molecule has 2 heterocycles. The van der Waals surface area contributed by atoms with Crippen LogP contribution in [0.4, 0.5) is 0 Å². The van der Waals surface area contributed by atoms with Crippen LogP contribution in [0.5, 0.6) is 0 Å². The first-order valence-corrected chi connectivity index (χ1v) is 7.75. The second kappa shape index (κ2) is 5.87. The lowest BCUT2D eigenvalue weighted by molar-refractivity contribution is -0.138. The van der Waals surface area contributed by atoms with E-state index in [-0.39, 0.29) is 18.4 Å². The molecule has 2 fully saturated rings. The van der Waals surface area contributed by atoms with Gasteiger partial charge in [-0.1, -0.05) is 19.3 Å². The van der Waals surface area contributed by atoms with E-state index in [1.165, 1.54) is 19.3 Å². The topological polar surface area (TPSA) is 69.3 Å². The van der Waals surface area contributed by atoms with Crippen LogP contribution in [0.25, 0.3) is 0 Å². The summed E-state index contributed by atoms with van der Waals surface area (Å²) in [6.45, 7) is 3.28. The number of aromatic nitrogens is 2. The van der Waals surface area contributed by atoms with Crippen molar-refractivity contribution in [1.82, 2.24) is 19.8 Å². The molecule has 1 aliphatic carbocycles. The number of H-pyrrole nitrogens is 1. The number of aryl methyl sites for hydroxylation is 1. The fourth-order valence-corrected chi connectivity index (χ4v) is 3.31. The Kier molecular flexibility index (Phi) is 3.94. The molecule has 2 aliphatic rings. The molecular weight excluding hydrogens is 268 g/mol. The predicted molar refractivity (Wildman–Crippen MR) is 77.8 cm³/mol. The van der Waals surface area contributed by atoms with Crippen molar-refractivity contribution in [3.8, 4) is 0 Å². The van der Waals surface area contributed by atoms with Crippen molar-refractivity contribution in [2.75, 3.05) is 19.6 Å². The zero-order valence-corrected chi connectivity index (χ0v) is 12.5. The van der Waals surface area contributed by atoms with Crippen LogP contribution in [-0.2, 0) is 4.79 Å². The molecule has 0 aromatic carbocycles. The summed E-state index contributed by atoms with van der Waals surface area (Å²) in [5, 5.41) is 0. The lowest BCUT2D eigenvalue weighted by Gasteiger charge is -2.40. The van der Waals surface area contributed by atoms with Gasteiger partial charge < -0.3 is 14.8 Å². The minimum atomic E-state index is -0.181. The smallest absolute Gasteiger partial charge is 0.290 e. The monoisotopic (exact) mass is 290 g/mol. The van der Waals surface area contributed by atoms with Gasteiger partial charge in [0.2, 0.25) is 5.91 Å². The van der Waals surface area contributed by atoms with E-state index in [1.807, 2.05) is 11.8 Å². The quantitative estimate of drug-likeness (QED) is 0.893. The highest BCUT2D eigenvalue weighted by Crippen LogP contribution is 2.24. The molecule has 3 rings (SSSR count). The SMILES string of the molecule is Cc1cnc(C(=O)N2CCN(C3CCCCC3)C(=O)C2)[nH]1. The fourth-order valence-electron chi connectivity index (χ4n) is 3.31. The van der Waals surface area contributed by atoms with Crippen LogP contribution in [0.1, 0.15) is 48.4 Å². The molecule has 1 aromatic rings. The molecule has 0 unspecified atom stereocenters. The summed E-state index contributed by atoms with van der Waals surface area (Å²) >= 11 is 0. The van der Waals surface area contributed by atoms with Gasteiger partial charge in [-0.05, 0) is 19.8 Å². The van der Waals surface area contributed by atoms with Crippen LogP contribution in [-0.4, -0.2) is 57.3 Å². The van der Waals surface area contributed by atoms with E-state index in [1.54, 1.807) is 11.1 Å². The maximum Gasteiger partial charge on any atom is 0.290 e. The molecule has 6 nitrogen and oxygen atoms in total. The van der Waals surface area contributed by atoms with Gasteiger partial charge in [-0.3, -0.25) is 9.59 Å². The van der Waals surface area contributed by atoms with Crippen molar-refractivity contribution in [3.05, 3.63) is 17.7 Å². The minimum absolute atomic E-state index is 0.0739. The van der Waals surface area contributed by atoms with E-state index in [9.17, 15) is 9.59 Å². The number of carbonyl (C=O) groups excluding carboxylic acids is 2. The summed E-state index contributed by atoms with van der Waals surface area (Å²) in [5.41, 5.74) is 0.852. The Morgan fingerprint density at radius 2 is 2.05 bits per heavy atom. The number of hydrogen-bond donors (Lipinski definition) is 1. The third kappa shape index (κ3) is 2.94. The molecular formula is C15H22N4O2. The standard InChI is InChI=1S/C15H22N4O2/c1-11-9-16-14(17-11)15(21)18-7-8-19(13(20)10-18)12-5-3-2-4-6-12/h9,12H,2-8,10H2,1H3,(H,16,17). The van der Waals surface area contributed by atoms with Gasteiger partial charge in [-0.25, -0.2) is 4.98 Å². The fraction of sp³-hybridized carbons (Fsp3) is 0.667. The van der Waals surface area contributed by atoms with Crippen molar-refractivity contribution in [1.29, 1.82) is 0 Å². The van der Waals surface area contributed by atoms with Gasteiger partial charge in [0.25, 0.3) is 5.91 Å². The molecule has 1 N–H and O–H groups in total. The van der Waals surface area contributed by atoms with E-state index < -0.39 is 0 Å². The predicted octanol–water partition coefficient (Wildman–Crippen LogP) is 1.34. The van der Waals surface area contributed by atoms with Gasteiger partial charge in [-0.2, -0.15) is 0 Å². The maximum atomic E-state index is 12.3. The normalized spacial score (nSPS) is 20.9. The number of hydrogen-bond acceptors (Lipinski definition) is 3. The Bertz CT molecular complexity index is 534. The van der Waals surface area contributed by atoms with Crippen molar-refractivity contribution >= 4 is 11.8 Å². The molecule has 0 radical (unpaired) electrons. The molecule has 21 heavy (non-hydrogen) atoms. The van der Waals surface area contributed by atoms with E-state index in [2.05, 4.69) is 9.97 Å². The van der Waals surface area contributed by atoms with Gasteiger partial charge in [0.1, 0.15) is 6.54 Å². The summed E-state index contributed by atoms with van der Waals surface area (Å²) in [6.07, 6.45) is 7.55. The number of rotatable bonds is 2. The Morgan fingerprint density at radius 1 is 1.29 bits per heavy atom. The van der Waals surface area contributed by atoms with Crippen LogP contribution >= 0.6 is 0 Å². The van der Waals surface area contributed by atoms with Crippen molar-refractivity contribution in [2.45, 2.75) is 45.1 Å². The largest absolute Gasteiger partial charge is 0.338 e. The van der Waals surface area contributed by atoms with Crippen LogP contribution in [0.15, 0.2) is 6.20 Å². The van der Waals surface area contributed by atoms with E-state index >= 15 is 0 Å². The second-order valence-corrected chi connectivity index (χ2v) is 6.02. The molecule has 1 aliphatic heterocycles. The number of nitrogens with one attached hydrogen (secondary N) is 1. The third-order valence-electron chi connectivity index (χ3n) is 4.47.